The third-order valence-electron chi connectivity index (χ3n) is 5.71. The van der Waals surface area contributed by atoms with E-state index in [9.17, 15) is 4.79 Å². The number of aromatic nitrogens is 1. The first-order valence-corrected chi connectivity index (χ1v) is 8.13. The van der Waals surface area contributed by atoms with Gasteiger partial charge in [-0.25, -0.2) is 0 Å². The molecule has 4 saturated carbocycles. The Balaban J connectivity index is 1.51. The van der Waals surface area contributed by atoms with Crippen molar-refractivity contribution in [3.8, 4) is 0 Å². The van der Waals surface area contributed by atoms with Crippen molar-refractivity contribution in [1.82, 2.24) is 10.3 Å². The maximum absolute atomic E-state index is 12.5. The summed E-state index contributed by atoms with van der Waals surface area (Å²) in [5.74, 6) is 2.50. The molecule has 4 aliphatic carbocycles. The number of pyridine rings is 1. The number of nitrogens with one attached hydrogen (secondary N) is 1. The monoisotopic (exact) mass is 285 g/mol. The van der Waals surface area contributed by atoms with E-state index in [-0.39, 0.29) is 11.4 Å². The van der Waals surface area contributed by atoms with Crippen LogP contribution in [0.1, 0.15) is 54.6 Å². The van der Waals surface area contributed by atoms with Crippen LogP contribution in [0.25, 0.3) is 0 Å². The molecule has 0 unspecified atom stereocenters. The van der Waals surface area contributed by atoms with E-state index in [1.165, 1.54) is 38.5 Å². The Bertz CT molecular complexity index is 516. The molecule has 4 aliphatic rings. The molecule has 1 aromatic rings. The average Bonchev–Trinajstić information content (AvgIpc) is 2.45. The van der Waals surface area contributed by atoms with Gasteiger partial charge in [-0.2, -0.15) is 0 Å². The fraction of sp³-hybridized carbons (Fsp3) is 0.647. The van der Waals surface area contributed by atoms with Crippen LogP contribution >= 0.6 is 0 Å². The highest BCUT2D eigenvalue weighted by Crippen LogP contribution is 2.55. The summed E-state index contributed by atoms with van der Waals surface area (Å²) in [6.45, 7) is 0.462. The van der Waals surface area contributed by atoms with Crippen molar-refractivity contribution in [1.29, 1.82) is 0 Å². The van der Waals surface area contributed by atoms with Gasteiger partial charge in [-0.15, -0.1) is 0 Å². The topological polar surface area (TPSA) is 68.0 Å². The van der Waals surface area contributed by atoms with Crippen molar-refractivity contribution in [2.45, 2.75) is 50.6 Å². The lowest BCUT2D eigenvalue weighted by molar-refractivity contribution is -0.0167. The van der Waals surface area contributed by atoms with Crippen LogP contribution in [0.4, 0.5) is 0 Å². The van der Waals surface area contributed by atoms with Crippen molar-refractivity contribution in [3.05, 3.63) is 29.6 Å². The standard InChI is InChI=1S/C17H23N3O/c18-9-11-1-2-15(19-10-11)16(21)20-17-6-12-3-13(7-17)5-14(4-12)8-17/h1-2,10,12-14H,3-9,18H2,(H,20,21). The lowest BCUT2D eigenvalue weighted by Crippen LogP contribution is -2.59. The molecular weight excluding hydrogens is 262 g/mol. The van der Waals surface area contributed by atoms with Crippen molar-refractivity contribution < 1.29 is 4.79 Å². The van der Waals surface area contributed by atoms with Gasteiger partial charge in [0.05, 0.1) is 0 Å². The highest BCUT2D eigenvalue weighted by atomic mass is 16.2. The van der Waals surface area contributed by atoms with Gasteiger partial charge in [0.15, 0.2) is 0 Å². The van der Waals surface area contributed by atoms with Gasteiger partial charge in [-0.3, -0.25) is 9.78 Å². The third-order valence-corrected chi connectivity index (χ3v) is 5.71. The molecule has 1 heterocycles. The molecule has 4 bridgehead atoms. The van der Waals surface area contributed by atoms with E-state index in [2.05, 4.69) is 10.3 Å². The minimum absolute atomic E-state index is 0.0134. The van der Waals surface area contributed by atoms with Crippen LogP contribution in [0.2, 0.25) is 0 Å². The van der Waals surface area contributed by atoms with Gasteiger partial charge in [-0.05, 0) is 67.9 Å². The zero-order valence-electron chi connectivity index (χ0n) is 12.3. The predicted molar refractivity (Wildman–Crippen MR) is 80.5 cm³/mol. The number of hydrogen-bond donors (Lipinski definition) is 2. The molecule has 0 saturated heterocycles. The molecule has 0 aliphatic heterocycles. The summed E-state index contributed by atoms with van der Waals surface area (Å²) in [6, 6.07) is 3.68. The Labute approximate surface area is 125 Å². The Morgan fingerprint density at radius 1 is 1.19 bits per heavy atom. The molecule has 3 N–H and O–H groups in total. The molecule has 0 spiro atoms. The fourth-order valence-electron chi connectivity index (χ4n) is 5.25. The minimum atomic E-state index is -0.0134. The lowest BCUT2D eigenvalue weighted by atomic mass is 9.53. The number of rotatable bonds is 3. The molecule has 1 aromatic heterocycles. The molecule has 4 fully saturated rings. The Morgan fingerprint density at radius 3 is 2.29 bits per heavy atom. The van der Waals surface area contributed by atoms with Crippen molar-refractivity contribution >= 4 is 5.91 Å². The summed E-state index contributed by atoms with van der Waals surface area (Å²) in [5, 5.41) is 3.35. The molecular formula is C17H23N3O. The van der Waals surface area contributed by atoms with Gasteiger partial charge in [-0.1, -0.05) is 6.07 Å². The van der Waals surface area contributed by atoms with E-state index < -0.39 is 0 Å². The second-order valence-electron chi connectivity index (χ2n) is 7.41. The first kappa shape index (κ1) is 13.3. The summed E-state index contributed by atoms with van der Waals surface area (Å²) in [6.07, 6.45) is 9.38. The SMILES string of the molecule is NCc1ccc(C(=O)NC23CC4CC(CC(C4)C2)C3)nc1. The van der Waals surface area contributed by atoms with E-state index in [0.717, 1.165) is 23.3 Å². The van der Waals surface area contributed by atoms with Crippen molar-refractivity contribution in [2.24, 2.45) is 23.5 Å². The normalized spacial score (nSPS) is 36.7. The molecule has 0 aromatic carbocycles. The van der Waals surface area contributed by atoms with E-state index >= 15 is 0 Å². The molecule has 4 nitrogen and oxygen atoms in total. The van der Waals surface area contributed by atoms with Gasteiger partial charge < -0.3 is 11.1 Å². The summed E-state index contributed by atoms with van der Waals surface area (Å²) in [4.78, 5) is 16.8. The van der Waals surface area contributed by atoms with Gasteiger partial charge >= 0.3 is 0 Å². The van der Waals surface area contributed by atoms with E-state index in [1.807, 2.05) is 6.07 Å². The number of amides is 1. The van der Waals surface area contributed by atoms with E-state index in [0.29, 0.717) is 12.2 Å². The zero-order chi connectivity index (χ0) is 14.4. The maximum Gasteiger partial charge on any atom is 0.270 e. The quantitative estimate of drug-likeness (QED) is 0.895. The maximum atomic E-state index is 12.5. The number of nitrogens with two attached hydrogens (primary N) is 1. The first-order chi connectivity index (χ1) is 10.2. The van der Waals surface area contributed by atoms with Crippen molar-refractivity contribution in [2.75, 3.05) is 0 Å². The van der Waals surface area contributed by atoms with Crippen LogP contribution in [0.3, 0.4) is 0 Å². The first-order valence-electron chi connectivity index (χ1n) is 8.13. The van der Waals surface area contributed by atoms with Crippen LogP contribution in [0.5, 0.6) is 0 Å². The van der Waals surface area contributed by atoms with Crippen LogP contribution in [-0.2, 0) is 6.54 Å². The van der Waals surface area contributed by atoms with Crippen LogP contribution < -0.4 is 11.1 Å². The molecule has 112 valence electrons. The number of carbonyl (C=O) groups excluding carboxylic acids is 1. The van der Waals surface area contributed by atoms with Crippen LogP contribution in [0, 0.1) is 17.8 Å². The van der Waals surface area contributed by atoms with Crippen LogP contribution in [0.15, 0.2) is 18.3 Å². The second kappa shape index (κ2) is 4.80. The zero-order valence-corrected chi connectivity index (χ0v) is 12.3. The molecule has 1 amide bonds. The number of nitrogens with zero attached hydrogens (tertiary/aromatic N) is 1. The molecule has 0 atom stereocenters. The van der Waals surface area contributed by atoms with E-state index in [1.54, 1.807) is 12.3 Å². The highest BCUT2D eigenvalue weighted by molar-refractivity contribution is 5.92. The fourth-order valence-corrected chi connectivity index (χ4v) is 5.25. The van der Waals surface area contributed by atoms with Gasteiger partial charge in [0.1, 0.15) is 5.69 Å². The van der Waals surface area contributed by atoms with Crippen molar-refractivity contribution in [3.63, 3.8) is 0 Å². The lowest BCUT2D eigenvalue weighted by Gasteiger charge is -2.56. The predicted octanol–water partition coefficient (Wildman–Crippen LogP) is 2.24. The molecule has 0 radical (unpaired) electrons. The Kier molecular flexibility index (Phi) is 3.03. The second-order valence-corrected chi connectivity index (χ2v) is 7.41. The largest absolute Gasteiger partial charge is 0.345 e. The Morgan fingerprint density at radius 2 is 1.81 bits per heavy atom. The molecule has 21 heavy (non-hydrogen) atoms. The molecule has 4 heteroatoms. The third kappa shape index (κ3) is 2.35. The van der Waals surface area contributed by atoms with Gasteiger partial charge in [0.25, 0.3) is 5.91 Å². The van der Waals surface area contributed by atoms with E-state index in [4.69, 9.17) is 5.73 Å². The van der Waals surface area contributed by atoms with Gasteiger partial charge in [0.2, 0.25) is 0 Å². The number of carbonyl (C=O) groups is 1. The summed E-state index contributed by atoms with van der Waals surface area (Å²) >= 11 is 0. The number of hydrogen-bond acceptors (Lipinski definition) is 3. The average molecular weight is 285 g/mol. The smallest absolute Gasteiger partial charge is 0.270 e. The van der Waals surface area contributed by atoms with Crippen LogP contribution in [-0.4, -0.2) is 16.4 Å². The Hall–Kier alpha value is -1.42. The summed E-state index contributed by atoms with van der Waals surface area (Å²) in [5.41, 5.74) is 7.10. The van der Waals surface area contributed by atoms with Gasteiger partial charge in [0, 0.05) is 18.3 Å². The highest BCUT2D eigenvalue weighted by Gasteiger charge is 2.51. The summed E-state index contributed by atoms with van der Waals surface area (Å²) < 4.78 is 0. The summed E-state index contributed by atoms with van der Waals surface area (Å²) in [7, 11) is 0. The minimum Gasteiger partial charge on any atom is -0.345 e. The molecule has 5 rings (SSSR count).